The van der Waals surface area contributed by atoms with Crippen molar-refractivity contribution in [3.63, 3.8) is 0 Å². The van der Waals surface area contributed by atoms with Crippen molar-refractivity contribution in [1.82, 2.24) is 4.90 Å². The maximum atomic E-state index is 13.3. The number of ketones is 1. The summed E-state index contributed by atoms with van der Waals surface area (Å²) in [6, 6.07) is 18.0. The zero-order valence-electron chi connectivity index (χ0n) is 20.3. The van der Waals surface area contributed by atoms with E-state index in [1.54, 1.807) is 0 Å². The van der Waals surface area contributed by atoms with Crippen LogP contribution in [-0.2, 0) is 13.1 Å². The maximum absolute atomic E-state index is 13.3. The molecule has 0 N–H and O–H groups in total. The lowest BCUT2D eigenvalue weighted by molar-refractivity contribution is 0.0872. The lowest BCUT2D eigenvalue weighted by Crippen LogP contribution is -2.31. The van der Waals surface area contributed by atoms with Crippen LogP contribution in [0.1, 0.15) is 46.5 Å². The Balaban J connectivity index is 1.40. The molecule has 35 heavy (non-hydrogen) atoms. The fraction of sp³-hybridized carbons (Fsp3) is 0.276. The van der Waals surface area contributed by atoms with Gasteiger partial charge in [-0.05, 0) is 73.9 Å². The molecule has 5 rings (SSSR count). The third-order valence-corrected chi connectivity index (χ3v) is 6.88. The van der Waals surface area contributed by atoms with Gasteiger partial charge in [0.1, 0.15) is 18.2 Å². The van der Waals surface area contributed by atoms with Crippen molar-refractivity contribution in [2.75, 3.05) is 24.7 Å². The van der Waals surface area contributed by atoms with Crippen molar-refractivity contribution in [2.24, 2.45) is 0 Å². The molecule has 5 nitrogen and oxygen atoms in total. The number of ether oxygens (including phenoxy) is 2. The average Bonchev–Trinajstić information content (AvgIpc) is 3.19. The number of aryl methyl sites for hydroxylation is 1. The van der Waals surface area contributed by atoms with Crippen LogP contribution in [0.3, 0.4) is 0 Å². The lowest BCUT2D eigenvalue weighted by Gasteiger charge is -2.30. The van der Waals surface area contributed by atoms with Crippen LogP contribution in [0.2, 0.25) is 5.02 Å². The quantitative estimate of drug-likeness (QED) is 0.372. The normalized spacial score (nSPS) is 16.0. The lowest BCUT2D eigenvalue weighted by atomic mass is 9.98. The monoisotopic (exact) mass is 488 g/mol. The smallest absolute Gasteiger partial charge is 0.232 e. The molecular formula is C29H29ClN2O3. The van der Waals surface area contributed by atoms with Gasteiger partial charge in [-0.2, -0.15) is 0 Å². The van der Waals surface area contributed by atoms with Gasteiger partial charge in [0, 0.05) is 36.9 Å². The van der Waals surface area contributed by atoms with Crippen molar-refractivity contribution >= 4 is 29.1 Å². The van der Waals surface area contributed by atoms with Crippen LogP contribution in [-0.4, -0.2) is 30.5 Å². The van der Waals surface area contributed by atoms with Gasteiger partial charge in [-0.15, -0.1) is 0 Å². The highest BCUT2D eigenvalue weighted by Gasteiger charge is 2.35. The van der Waals surface area contributed by atoms with Crippen molar-refractivity contribution in [3.8, 4) is 11.5 Å². The minimum Gasteiger partial charge on any atom is -0.478 e. The Labute approximate surface area is 211 Å². The Kier molecular flexibility index (Phi) is 6.54. The molecule has 3 aromatic rings. The third-order valence-electron chi connectivity index (χ3n) is 6.63. The number of rotatable bonds is 6. The molecule has 0 atom stereocenters. The van der Waals surface area contributed by atoms with Gasteiger partial charge in [0.2, 0.25) is 5.78 Å². The summed E-state index contributed by atoms with van der Waals surface area (Å²) < 4.78 is 12.3. The molecule has 0 unspecified atom stereocenters. The topological polar surface area (TPSA) is 42.0 Å². The van der Waals surface area contributed by atoms with Crippen molar-refractivity contribution in [3.05, 3.63) is 93.2 Å². The minimum absolute atomic E-state index is 0.0806. The number of anilines is 1. The van der Waals surface area contributed by atoms with Crippen LogP contribution in [0, 0.1) is 6.92 Å². The van der Waals surface area contributed by atoms with Gasteiger partial charge in [0.05, 0.1) is 11.1 Å². The second kappa shape index (κ2) is 9.76. The van der Waals surface area contributed by atoms with Crippen molar-refractivity contribution < 1.29 is 14.3 Å². The predicted octanol–water partition coefficient (Wildman–Crippen LogP) is 6.46. The van der Waals surface area contributed by atoms with E-state index in [0.717, 1.165) is 52.7 Å². The van der Waals surface area contributed by atoms with E-state index in [2.05, 4.69) is 35.8 Å². The van der Waals surface area contributed by atoms with E-state index >= 15 is 0 Å². The first-order valence-corrected chi connectivity index (χ1v) is 12.4. The van der Waals surface area contributed by atoms with E-state index in [4.69, 9.17) is 21.1 Å². The molecule has 0 bridgehead atoms. The second-order valence-electron chi connectivity index (χ2n) is 8.96. The molecule has 3 aromatic carbocycles. The van der Waals surface area contributed by atoms with Gasteiger partial charge in [-0.3, -0.25) is 9.69 Å². The number of hydrogen-bond acceptors (Lipinski definition) is 5. The first-order valence-electron chi connectivity index (χ1n) is 12.0. The predicted molar refractivity (Wildman–Crippen MR) is 140 cm³/mol. The van der Waals surface area contributed by atoms with Crippen LogP contribution < -0.4 is 14.4 Å². The summed E-state index contributed by atoms with van der Waals surface area (Å²) in [6.45, 7) is 9.96. The van der Waals surface area contributed by atoms with Gasteiger partial charge < -0.3 is 14.4 Å². The zero-order chi connectivity index (χ0) is 24.5. The number of Topliss-reactive ketones (excluding diaryl/α,β-unsaturated/α-hetero) is 1. The van der Waals surface area contributed by atoms with Gasteiger partial charge in [-0.25, -0.2) is 0 Å². The highest BCUT2D eigenvalue weighted by atomic mass is 35.5. The van der Waals surface area contributed by atoms with Crippen LogP contribution in [0.25, 0.3) is 6.08 Å². The van der Waals surface area contributed by atoms with Crippen LogP contribution >= 0.6 is 11.6 Å². The van der Waals surface area contributed by atoms with Crippen molar-refractivity contribution in [2.45, 2.75) is 33.9 Å². The number of fused-ring (bicyclic) bond motifs is 3. The number of carbonyl (C=O) groups is 1. The summed E-state index contributed by atoms with van der Waals surface area (Å²) in [5.41, 5.74) is 5.67. The molecular weight excluding hydrogens is 460 g/mol. The Morgan fingerprint density at radius 3 is 2.46 bits per heavy atom. The van der Waals surface area contributed by atoms with Gasteiger partial charge in [-0.1, -0.05) is 35.9 Å². The van der Waals surface area contributed by atoms with E-state index in [-0.39, 0.29) is 5.78 Å². The van der Waals surface area contributed by atoms with Crippen LogP contribution in [0.4, 0.5) is 5.69 Å². The molecule has 0 aliphatic carbocycles. The highest BCUT2D eigenvalue weighted by molar-refractivity contribution is 6.30. The summed E-state index contributed by atoms with van der Waals surface area (Å²) in [6.07, 6.45) is 1.83. The fourth-order valence-electron chi connectivity index (χ4n) is 4.75. The Morgan fingerprint density at radius 2 is 1.77 bits per heavy atom. The maximum Gasteiger partial charge on any atom is 0.232 e. The fourth-order valence-corrected chi connectivity index (χ4v) is 4.87. The first-order chi connectivity index (χ1) is 17.0. The van der Waals surface area contributed by atoms with Crippen LogP contribution in [0.15, 0.2) is 60.4 Å². The number of allylic oxidation sites excluding steroid dienone is 1. The Morgan fingerprint density at radius 1 is 1.06 bits per heavy atom. The molecule has 0 saturated carbocycles. The van der Waals surface area contributed by atoms with E-state index in [1.165, 1.54) is 5.69 Å². The molecule has 0 spiro atoms. The molecule has 180 valence electrons. The molecule has 0 amide bonds. The number of carbonyl (C=O) groups excluding carboxylic acids is 1. The molecule has 2 aliphatic heterocycles. The zero-order valence-corrected chi connectivity index (χ0v) is 21.1. The summed E-state index contributed by atoms with van der Waals surface area (Å²) in [5.74, 6) is 1.67. The summed E-state index contributed by atoms with van der Waals surface area (Å²) in [7, 11) is 0. The number of nitrogens with zero attached hydrogens (tertiary/aromatic N) is 2. The van der Waals surface area contributed by atoms with Gasteiger partial charge >= 0.3 is 0 Å². The van der Waals surface area contributed by atoms with E-state index in [1.807, 2.05) is 55.5 Å². The van der Waals surface area contributed by atoms with Crippen LogP contribution in [0.5, 0.6) is 11.5 Å². The molecule has 2 aliphatic rings. The standard InChI is InChI=1S/C29H29ClN2O3/c1-4-32(5-2)23-12-8-20(9-13-23)15-26-28(33)27-19(3)14-25-24(29(27)35-26)17-31(18-34-25)16-21-6-10-22(30)11-7-21/h6-15H,4-5,16-18H2,1-3H3/b26-15-. The number of halogens is 1. The molecule has 0 radical (unpaired) electrons. The second-order valence-corrected chi connectivity index (χ2v) is 9.40. The number of hydrogen-bond donors (Lipinski definition) is 0. The molecule has 0 aromatic heterocycles. The number of benzene rings is 3. The van der Waals surface area contributed by atoms with E-state index < -0.39 is 0 Å². The van der Waals surface area contributed by atoms with E-state index in [0.29, 0.717) is 30.3 Å². The highest BCUT2D eigenvalue weighted by Crippen LogP contribution is 2.44. The molecule has 0 fully saturated rings. The third kappa shape index (κ3) is 4.66. The first kappa shape index (κ1) is 23.5. The Bertz CT molecular complexity index is 1280. The molecule has 6 heteroatoms. The SMILES string of the molecule is CCN(CC)c1ccc(/C=C2\Oc3c4c(cc(C)c3C2=O)OCN(Cc2ccc(Cl)cc2)C4)cc1. The average molecular weight is 489 g/mol. The summed E-state index contributed by atoms with van der Waals surface area (Å²) >= 11 is 6.03. The largest absolute Gasteiger partial charge is 0.478 e. The summed E-state index contributed by atoms with van der Waals surface area (Å²) in [4.78, 5) is 17.8. The van der Waals surface area contributed by atoms with Crippen molar-refractivity contribution in [1.29, 1.82) is 0 Å². The van der Waals surface area contributed by atoms with E-state index in [9.17, 15) is 4.79 Å². The van der Waals surface area contributed by atoms with Gasteiger partial charge in [0.15, 0.2) is 5.76 Å². The minimum atomic E-state index is -0.0806. The van der Waals surface area contributed by atoms with Gasteiger partial charge in [0.25, 0.3) is 0 Å². The Hall–Kier alpha value is -3.28. The molecule has 0 saturated heterocycles. The molecule has 2 heterocycles. The summed E-state index contributed by atoms with van der Waals surface area (Å²) in [5, 5.41) is 0.719.